The average molecular weight is 356 g/mol. The Labute approximate surface area is 143 Å². The summed E-state index contributed by atoms with van der Waals surface area (Å²) < 4.78 is 50.9. The van der Waals surface area contributed by atoms with Crippen LogP contribution in [0.3, 0.4) is 0 Å². The molecule has 2 atom stereocenters. The monoisotopic (exact) mass is 355 g/mol. The molecule has 0 saturated carbocycles. The van der Waals surface area contributed by atoms with E-state index in [-0.39, 0.29) is 11.5 Å². The van der Waals surface area contributed by atoms with Crippen molar-refractivity contribution < 1.29 is 16.3 Å². The molecule has 0 N–H and O–H groups in total. The lowest BCUT2D eigenvalue weighted by atomic mass is 9.74. The second-order valence-corrected chi connectivity index (χ2v) is 6.24. The molecule has 0 bridgehead atoms. The number of allylic oxidation sites excluding steroid dienone is 3. The lowest BCUT2D eigenvalue weighted by Gasteiger charge is -2.32. The fraction of sp³-hybridized carbons (Fsp3) is 0.444. The fourth-order valence-electron chi connectivity index (χ4n) is 2.91. The summed E-state index contributed by atoms with van der Waals surface area (Å²) in [4.78, 5) is 0. The van der Waals surface area contributed by atoms with E-state index >= 15 is 0 Å². The Morgan fingerprint density at radius 2 is 2.05 bits per heavy atom. The van der Waals surface area contributed by atoms with E-state index in [1.807, 2.05) is 25.1 Å². The first-order chi connectivity index (χ1) is 12.1. The molecule has 114 valence electrons. The first-order valence-electron chi connectivity index (χ1n) is 9.36. The molecule has 1 aliphatic carbocycles. The lowest BCUT2D eigenvalue weighted by molar-refractivity contribution is 0.368. The van der Waals surface area contributed by atoms with Crippen LogP contribution >= 0.6 is 15.9 Å². The van der Waals surface area contributed by atoms with Crippen LogP contribution in [0, 0.1) is 5.92 Å². The highest BCUT2D eigenvalue weighted by Gasteiger charge is 2.30. The summed E-state index contributed by atoms with van der Waals surface area (Å²) in [7, 11) is 3.11. The molecule has 0 heterocycles. The van der Waals surface area contributed by atoms with Crippen LogP contribution in [0.5, 0.6) is 11.5 Å². The summed E-state index contributed by atoms with van der Waals surface area (Å²) >= 11 is 3.43. The minimum atomic E-state index is -2.49. The average Bonchev–Trinajstić information content (AvgIpc) is 2.53. The van der Waals surface area contributed by atoms with E-state index in [0.717, 1.165) is 22.0 Å². The number of halogens is 1. The van der Waals surface area contributed by atoms with Gasteiger partial charge in [-0.15, -0.1) is 0 Å². The minimum absolute atomic E-state index is 0.113. The maximum Gasteiger partial charge on any atom is 0.127 e. The fourth-order valence-corrected chi connectivity index (χ4v) is 3.33. The Balaban J connectivity index is 2.72. The summed E-state index contributed by atoms with van der Waals surface area (Å²) in [6.07, 6.45) is 3.30. The first kappa shape index (κ1) is 10.5. The summed E-state index contributed by atoms with van der Waals surface area (Å²) in [5.74, 6) is 0.334. The quantitative estimate of drug-likeness (QED) is 0.665. The highest BCUT2D eigenvalue weighted by Crippen LogP contribution is 2.47. The molecular formula is C18H23BrO2. The third-order valence-corrected chi connectivity index (χ3v) is 4.42. The molecule has 0 aliphatic heterocycles. The van der Waals surface area contributed by atoms with Gasteiger partial charge in [-0.1, -0.05) is 39.7 Å². The molecule has 0 fully saturated rings. The SMILES string of the molecule is [2H]C([2H])=C([C@@H]1CCC(C)=C[C@H]1c1c(OC)cc(Br)cc1OC)C([2H])([2H])[2H]. The third-order valence-electron chi connectivity index (χ3n) is 3.96. The van der Waals surface area contributed by atoms with Crippen LogP contribution in [0.2, 0.25) is 0 Å². The largest absolute Gasteiger partial charge is 0.496 e. The van der Waals surface area contributed by atoms with E-state index in [1.165, 1.54) is 0 Å². The second-order valence-electron chi connectivity index (χ2n) is 5.32. The van der Waals surface area contributed by atoms with Crippen molar-refractivity contribution in [1.82, 2.24) is 0 Å². The number of rotatable bonds is 4. The van der Waals surface area contributed by atoms with E-state index in [0.29, 0.717) is 17.9 Å². The zero-order valence-corrected chi connectivity index (χ0v) is 14.1. The van der Waals surface area contributed by atoms with Crippen LogP contribution in [0.15, 0.2) is 40.4 Å². The van der Waals surface area contributed by atoms with Crippen LogP contribution < -0.4 is 9.47 Å². The number of benzene rings is 1. The highest BCUT2D eigenvalue weighted by molar-refractivity contribution is 9.10. The lowest BCUT2D eigenvalue weighted by Crippen LogP contribution is -2.18. The summed E-state index contributed by atoms with van der Waals surface area (Å²) in [6, 6.07) is 3.63. The van der Waals surface area contributed by atoms with Gasteiger partial charge in [0, 0.05) is 20.1 Å². The smallest absolute Gasteiger partial charge is 0.127 e. The molecular weight excluding hydrogens is 328 g/mol. The molecule has 21 heavy (non-hydrogen) atoms. The molecule has 2 rings (SSSR count). The van der Waals surface area contributed by atoms with Crippen molar-refractivity contribution in [3.63, 3.8) is 0 Å². The maximum atomic E-state index is 7.83. The van der Waals surface area contributed by atoms with Crippen molar-refractivity contribution in [1.29, 1.82) is 0 Å². The highest BCUT2D eigenvalue weighted by atomic mass is 79.9. The molecule has 0 spiro atoms. The van der Waals surface area contributed by atoms with Crippen LogP contribution in [-0.4, -0.2) is 14.2 Å². The number of ether oxygens (including phenoxy) is 2. The van der Waals surface area contributed by atoms with Gasteiger partial charge >= 0.3 is 0 Å². The van der Waals surface area contributed by atoms with Gasteiger partial charge < -0.3 is 9.47 Å². The normalized spacial score (nSPS) is 25.5. The van der Waals surface area contributed by atoms with Crippen molar-refractivity contribution >= 4 is 15.9 Å². The van der Waals surface area contributed by atoms with E-state index in [4.69, 9.17) is 16.3 Å². The molecule has 0 radical (unpaired) electrons. The molecule has 0 amide bonds. The Hall–Kier alpha value is -1.22. The molecule has 0 aromatic heterocycles. The van der Waals surface area contributed by atoms with Crippen molar-refractivity contribution in [3.8, 4) is 11.5 Å². The standard InChI is InChI=1S/C18H23BrO2/c1-11(2)14-7-6-12(3)8-15(14)18-16(20-4)9-13(19)10-17(18)21-5/h8-10,14-15H,1,6-7H2,2-5H3/t14-,15+/m0/s1/i1D2,2D3. The van der Waals surface area contributed by atoms with Gasteiger partial charge in [-0.2, -0.15) is 0 Å². The zero-order chi connectivity index (χ0) is 19.6. The Morgan fingerprint density at radius 3 is 2.57 bits per heavy atom. The Bertz CT molecular complexity index is 711. The topological polar surface area (TPSA) is 18.5 Å². The molecule has 1 aliphatic rings. The van der Waals surface area contributed by atoms with Gasteiger partial charge in [0.25, 0.3) is 0 Å². The second kappa shape index (κ2) is 6.69. The van der Waals surface area contributed by atoms with E-state index in [2.05, 4.69) is 15.9 Å². The molecule has 1 aromatic rings. The summed E-state index contributed by atoms with van der Waals surface area (Å²) in [6.45, 7) is -1.12. The van der Waals surface area contributed by atoms with Gasteiger partial charge in [0.05, 0.1) is 17.0 Å². The van der Waals surface area contributed by atoms with Gasteiger partial charge in [-0.05, 0) is 44.7 Å². The van der Waals surface area contributed by atoms with Gasteiger partial charge in [-0.3, -0.25) is 0 Å². The molecule has 3 heteroatoms. The predicted octanol–water partition coefficient (Wildman–Crippen LogP) is 5.48. The van der Waals surface area contributed by atoms with Crippen LogP contribution in [-0.2, 0) is 0 Å². The number of hydrogen-bond donors (Lipinski definition) is 0. The van der Waals surface area contributed by atoms with Gasteiger partial charge in [0.2, 0.25) is 0 Å². The van der Waals surface area contributed by atoms with Gasteiger partial charge in [-0.25, -0.2) is 0 Å². The third kappa shape index (κ3) is 3.34. The Morgan fingerprint density at radius 1 is 1.38 bits per heavy atom. The molecule has 1 aromatic carbocycles. The van der Waals surface area contributed by atoms with Crippen LogP contribution in [0.1, 0.15) is 45.0 Å². The Kier molecular flexibility index (Phi) is 3.35. The van der Waals surface area contributed by atoms with Gasteiger partial charge in [0.1, 0.15) is 11.5 Å². The van der Waals surface area contributed by atoms with Crippen LogP contribution in [0.25, 0.3) is 0 Å². The van der Waals surface area contributed by atoms with E-state index in [9.17, 15) is 0 Å². The maximum absolute atomic E-state index is 7.83. The number of methoxy groups -OCH3 is 2. The van der Waals surface area contributed by atoms with Crippen molar-refractivity contribution in [2.75, 3.05) is 14.2 Å². The van der Waals surface area contributed by atoms with E-state index < -0.39 is 19.3 Å². The van der Waals surface area contributed by atoms with Crippen LogP contribution in [0.4, 0.5) is 0 Å². The number of hydrogen-bond acceptors (Lipinski definition) is 2. The molecule has 0 saturated heterocycles. The molecule has 0 unspecified atom stereocenters. The van der Waals surface area contributed by atoms with Gasteiger partial charge in [0.15, 0.2) is 0 Å². The minimum Gasteiger partial charge on any atom is -0.496 e. The van der Waals surface area contributed by atoms with E-state index in [1.54, 1.807) is 14.2 Å². The summed E-state index contributed by atoms with van der Waals surface area (Å²) in [5, 5.41) is 0. The van der Waals surface area contributed by atoms with Crippen molar-refractivity contribution in [3.05, 3.63) is 45.9 Å². The van der Waals surface area contributed by atoms with Crippen molar-refractivity contribution in [2.45, 2.75) is 32.5 Å². The predicted molar refractivity (Wildman–Crippen MR) is 91.3 cm³/mol. The van der Waals surface area contributed by atoms with Crippen molar-refractivity contribution in [2.24, 2.45) is 5.92 Å². The zero-order valence-electron chi connectivity index (χ0n) is 17.5. The first-order valence-corrected chi connectivity index (χ1v) is 7.66. The molecule has 2 nitrogen and oxygen atoms in total. The summed E-state index contributed by atoms with van der Waals surface area (Å²) in [5.41, 5.74) is 1.77.